The maximum atomic E-state index is 5.33. The van der Waals surface area contributed by atoms with E-state index in [4.69, 9.17) is 5.73 Å². The standard InChI is InChI=1S/C9H13N3/c1-12-8-9(7-11-12)5-3-2-4-6-10/h7-8H,2,4,6,10H2,1H3. The van der Waals surface area contributed by atoms with E-state index in [0.717, 1.165) is 18.4 Å². The second-order valence-electron chi connectivity index (χ2n) is 2.60. The van der Waals surface area contributed by atoms with Crippen LogP contribution in [0.2, 0.25) is 0 Å². The molecule has 3 nitrogen and oxygen atoms in total. The van der Waals surface area contributed by atoms with E-state index in [2.05, 4.69) is 16.9 Å². The lowest BCUT2D eigenvalue weighted by molar-refractivity contribution is 0.767. The van der Waals surface area contributed by atoms with E-state index in [1.54, 1.807) is 10.9 Å². The van der Waals surface area contributed by atoms with Crippen LogP contribution in [-0.4, -0.2) is 16.3 Å². The fourth-order valence-corrected chi connectivity index (χ4v) is 0.841. The highest BCUT2D eigenvalue weighted by atomic mass is 15.2. The number of aromatic nitrogens is 2. The van der Waals surface area contributed by atoms with Crippen molar-refractivity contribution in [3.8, 4) is 11.8 Å². The molecule has 12 heavy (non-hydrogen) atoms. The summed E-state index contributed by atoms with van der Waals surface area (Å²) in [4.78, 5) is 0. The van der Waals surface area contributed by atoms with E-state index >= 15 is 0 Å². The Labute approximate surface area is 72.6 Å². The largest absolute Gasteiger partial charge is 0.330 e. The van der Waals surface area contributed by atoms with E-state index < -0.39 is 0 Å². The van der Waals surface area contributed by atoms with Gasteiger partial charge in [-0.15, -0.1) is 0 Å². The zero-order chi connectivity index (χ0) is 8.81. The van der Waals surface area contributed by atoms with Gasteiger partial charge in [0.2, 0.25) is 0 Å². The van der Waals surface area contributed by atoms with Crippen LogP contribution in [0.15, 0.2) is 12.4 Å². The van der Waals surface area contributed by atoms with E-state index in [0.29, 0.717) is 6.54 Å². The molecule has 0 amide bonds. The number of unbranched alkanes of at least 4 members (excludes halogenated alkanes) is 1. The Hall–Kier alpha value is -1.27. The number of nitrogens with zero attached hydrogens (tertiary/aromatic N) is 2. The van der Waals surface area contributed by atoms with Crippen LogP contribution in [0, 0.1) is 11.8 Å². The Bertz CT molecular complexity index is 290. The molecule has 0 unspecified atom stereocenters. The third-order valence-corrected chi connectivity index (χ3v) is 1.44. The minimum Gasteiger partial charge on any atom is -0.330 e. The third kappa shape index (κ3) is 2.77. The lowest BCUT2D eigenvalue weighted by Gasteiger charge is -1.83. The van der Waals surface area contributed by atoms with Gasteiger partial charge in [-0.25, -0.2) is 0 Å². The second kappa shape index (κ2) is 4.58. The van der Waals surface area contributed by atoms with Crippen LogP contribution in [-0.2, 0) is 7.05 Å². The number of hydrogen-bond acceptors (Lipinski definition) is 2. The molecule has 1 heterocycles. The first-order valence-corrected chi connectivity index (χ1v) is 4.00. The number of aryl methyl sites for hydroxylation is 1. The van der Waals surface area contributed by atoms with Crippen molar-refractivity contribution in [1.29, 1.82) is 0 Å². The third-order valence-electron chi connectivity index (χ3n) is 1.44. The normalized spacial score (nSPS) is 9.17. The van der Waals surface area contributed by atoms with Crippen molar-refractivity contribution in [1.82, 2.24) is 9.78 Å². The monoisotopic (exact) mass is 163 g/mol. The van der Waals surface area contributed by atoms with Gasteiger partial charge in [0.15, 0.2) is 0 Å². The number of nitrogens with two attached hydrogens (primary N) is 1. The maximum absolute atomic E-state index is 5.33. The van der Waals surface area contributed by atoms with Crippen LogP contribution in [0.25, 0.3) is 0 Å². The van der Waals surface area contributed by atoms with E-state index in [9.17, 15) is 0 Å². The Morgan fingerprint density at radius 3 is 3.08 bits per heavy atom. The van der Waals surface area contributed by atoms with Gasteiger partial charge in [-0.2, -0.15) is 5.10 Å². The topological polar surface area (TPSA) is 43.8 Å². The molecule has 1 aromatic heterocycles. The van der Waals surface area contributed by atoms with Crippen LogP contribution in [0.4, 0.5) is 0 Å². The molecular formula is C9H13N3. The van der Waals surface area contributed by atoms with Crippen molar-refractivity contribution < 1.29 is 0 Å². The first kappa shape index (κ1) is 8.82. The lowest BCUT2D eigenvalue weighted by atomic mass is 10.3. The molecule has 0 fully saturated rings. The van der Waals surface area contributed by atoms with Crippen LogP contribution in [0.1, 0.15) is 18.4 Å². The molecule has 0 aromatic carbocycles. The fraction of sp³-hybridized carbons (Fsp3) is 0.444. The number of rotatable bonds is 2. The Morgan fingerprint density at radius 2 is 2.50 bits per heavy atom. The zero-order valence-electron chi connectivity index (χ0n) is 7.25. The first-order valence-electron chi connectivity index (χ1n) is 4.00. The van der Waals surface area contributed by atoms with Crippen molar-refractivity contribution >= 4 is 0 Å². The molecule has 0 saturated heterocycles. The van der Waals surface area contributed by atoms with E-state index in [-0.39, 0.29) is 0 Å². The molecule has 0 bridgehead atoms. The first-order chi connectivity index (χ1) is 5.83. The molecule has 2 N–H and O–H groups in total. The summed E-state index contributed by atoms with van der Waals surface area (Å²) in [6.45, 7) is 0.710. The molecule has 0 saturated carbocycles. The highest BCUT2D eigenvalue weighted by Gasteiger charge is 1.87. The van der Waals surface area contributed by atoms with Gasteiger partial charge in [0, 0.05) is 19.7 Å². The van der Waals surface area contributed by atoms with Gasteiger partial charge >= 0.3 is 0 Å². The molecule has 1 rings (SSSR count). The minimum absolute atomic E-state index is 0.710. The van der Waals surface area contributed by atoms with Crippen molar-refractivity contribution in [2.24, 2.45) is 12.8 Å². The van der Waals surface area contributed by atoms with Gasteiger partial charge in [-0.1, -0.05) is 11.8 Å². The minimum atomic E-state index is 0.710. The van der Waals surface area contributed by atoms with Crippen LogP contribution in [0.5, 0.6) is 0 Å². The molecular weight excluding hydrogens is 150 g/mol. The second-order valence-corrected chi connectivity index (χ2v) is 2.60. The number of hydrogen-bond donors (Lipinski definition) is 1. The van der Waals surface area contributed by atoms with Crippen molar-refractivity contribution in [3.05, 3.63) is 18.0 Å². The smallest absolute Gasteiger partial charge is 0.0646 e. The molecule has 1 aromatic rings. The SMILES string of the molecule is Cn1cc(C#CCCCN)cn1. The van der Waals surface area contributed by atoms with Gasteiger partial charge in [0.1, 0.15) is 0 Å². The summed E-state index contributed by atoms with van der Waals surface area (Å²) in [5.41, 5.74) is 6.30. The summed E-state index contributed by atoms with van der Waals surface area (Å²) in [6, 6.07) is 0. The summed E-state index contributed by atoms with van der Waals surface area (Å²) in [5.74, 6) is 6.04. The van der Waals surface area contributed by atoms with E-state index in [1.807, 2.05) is 13.2 Å². The van der Waals surface area contributed by atoms with Crippen LogP contribution < -0.4 is 5.73 Å². The Morgan fingerprint density at radius 1 is 1.67 bits per heavy atom. The predicted octanol–water partition coefficient (Wildman–Crippen LogP) is 0.511. The molecule has 0 aliphatic rings. The van der Waals surface area contributed by atoms with Crippen molar-refractivity contribution in [2.45, 2.75) is 12.8 Å². The van der Waals surface area contributed by atoms with E-state index in [1.165, 1.54) is 0 Å². The van der Waals surface area contributed by atoms with Crippen molar-refractivity contribution in [3.63, 3.8) is 0 Å². The summed E-state index contributed by atoms with van der Waals surface area (Å²) < 4.78 is 1.74. The van der Waals surface area contributed by atoms with Gasteiger partial charge < -0.3 is 5.73 Å². The summed E-state index contributed by atoms with van der Waals surface area (Å²) in [6.07, 6.45) is 5.49. The molecule has 0 spiro atoms. The summed E-state index contributed by atoms with van der Waals surface area (Å²) in [7, 11) is 1.88. The molecule has 64 valence electrons. The Balaban J connectivity index is 2.43. The van der Waals surface area contributed by atoms with Crippen LogP contribution >= 0.6 is 0 Å². The zero-order valence-corrected chi connectivity index (χ0v) is 7.25. The average molecular weight is 163 g/mol. The average Bonchev–Trinajstić information content (AvgIpc) is 2.45. The quantitative estimate of drug-likeness (QED) is 0.510. The van der Waals surface area contributed by atoms with Gasteiger partial charge in [0.05, 0.1) is 11.8 Å². The van der Waals surface area contributed by atoms with Gasteiger partial charge in [-0.05, 0) is 13.0 Å². The molecule has 0 radical (unpaired) electrons. The molecule has 0 atom stereocenters. The molecule has 0 aliphatic heterocycles. The molecule has 3 heteroatoms. The highest BCUT2D eigenvalue weighted by molar-refractivity contribution is 5.29. The van der Waals surface area contributed by atoms with Crippen LogP contribution in [0.3, 0.4) is 0 Å². The maximum Gasteiger partial charge on any atom is 0.0646 e. The van der Waals surface area contributed by atoms with Gasteiger partial charge in [0.25, 0.3) is 0 Å². The van der Waals surface area contributed by atoms with Gasteiger partial charge in [-0.3, -0.25) is 4.68 Å². The summed E-state index contributed by atoms with van der Waals surface area (Å²) in [5, 5.41) is 4.00. The fourth-order valence-electron chi connectivity index (χ4n) is 0.841. The van der Waals surface area contributed by atoms with Crippen molar-refractivity contribution in [2.75, 3.05) is 6.54 Å². The lowest BCUT2D eigenvalue weighted by Crippen LogP contribution is -1.96. The highest BCUT2D eigenvalue weighted by Crippen LogP contribution is 1.92. The summed E-state index contributed by atoms with van der Waals surface area (Å²) >= 11 is 0. The Kier molecular flexibility index (Phi) is 3.36. The predicted molar refractivity (Wildman–Crippen MR) is 48.4 cm³/mol. The molecule has 0 aliphatic carbocycles.